The molecule has 0 aromatic carbocycles. The summed E-state index contributed by atoms with van der Waals surface area (Å²) in [6, 6.07) is -0.257. The van der Waals surface area contributed by atoms with Crippen molar-refractivity contribution in [3.05, 3.63) is 23.8 Å². The Kier molecular flexibility index (Phi) is 4.78. The Hall–Kier alpha value is -1.49. The van der Waals surface area contributed by atoms with Gasteiger partial charge in [-0.05, 0) is 34.6 Å². The van der Waals surface area contributed by atoms with Crippen LogP contribution in [0.1, 0.15) is 39.1 Å². The molecule has 5 heteroatoms. The minimum atomic E-state index is -0.257. The second-order valence-electron chi connectivity index (χ2n) is 5.49. The third-order valence-electron chi connectivity index (χ3n) is 2.32. The first-order chi connectivity index (χ1) is 8.28. The van der Waals surface area contributed by atoms with Crippen molar-refractivity contribution in [1.82, 2.24) is 20.6 Å². The molecular weight excluding hydrogens is 228 g/mol. The molecule has 1 heterocycles. The Balaban J connectivity index is 2.43. The van der Waals surface area contributed by atoms with E-state index >= 15 is 0 Å². The Morgan fingerprint density at radius 3 is 2.50 bits per heavy atom. The van der Waals surface area contributed by atoms with Crippen LogP contribution in [0.25, 0.3) is 0 Å². The number of hydrogen-bond donors (Lipinski definition) is 2. The predicted molar refractivity (Wildman–Crippen MR) is 71.0 cm³/mol. The van der Waals surface area contributed by atoms with Crippen molar-refractivity contribution in [3.8, 4) is 0 Å². The second kappa shape index (κ2) is 5.91. The summed E-state index contributed by atoms with van der Waals surface area (Å²) in [6.45, 7) is 10.1. The Bertz CT molecular complexity index is 394. The van der Waals surface area contributed by atoms with Crippen molar-refractivity contribution in [2.75, 3.05) is 0 Å². The number of aryl methyl sites for hydroxylation is 1. The minimum absolute atomic E-state index is 0.0115. The first-order valence-corrected chi connectivity index (χ1v) is 6.11. The Morgan fingerprint density at radius 1 is 1.33 bits per heavy atom. The van der Waals surface area contributed by atoms with E-state index in [9.17, 15) is 4.79 Å². The van der Waals surface area contributed by atoms with Crippen LogP contribution >= 0.6 is 0 Å². The number of nitrogens with zero attached hydrogens (tertiary/aromatic N) is 2. The topological polar surface area (TPSA) is 66.9 Å². The Labute approximate surface area is 108 Å². The number of rotatable bonds is 4. The van der Waals surface area contributed by atoms with Crippen molar-refractivity contribution in [2.24, 2.45) is 0 Å². The fraction of sp³-hybridized carbons (Fsp3) is 0.615. The lowest BCUT2D eigenvalue weighted by Gasteiger charge is -2.23. The highest BCUT2D eigenvalue weighted by Gasteiger charge is 2.18. The molecule has 0 aliphatic rings. The third kappa shape index (κ3) is 5.23. The van der Waals surface area contributed by atoms with Crippen LogP contribution in [0.2, 0.25) is 0 Å². The lowest BCUT2D eigenvalue weighted by Crippen LogP contribution is -2.49. The molecule has 1 atom stereocenters. The van der Waals surface area contributed by atoms with Crippen molar-refractivity contribution in [2.45, 2.75) is 52.7 Å². The Morgan fingerprint density at radius 2 is 2.00 bits per heavy atom. The number of amides is 1. The third-order valence-corrected chi connectivity index (χ3v) is 2.32. The van der Waals surface area contributed by atoms with Crippen LogP contribution in [0.3, 0.4) is 0 Å². The van der Waals surface area contributed by atoms with Crippen LogP contribution in [0.15, 0.2) is 12.4 Å². The molecule has 0 aliphatic carbocycles. The van der Waals surface area contributed by atoms with Gasteiger partial charge < -0.3 is 10.6 Å². The molecule has 0 radical (unpaired) electrons. The van der Waals surface area contributed by atoms with E-state index in [-0.39, 0.29) is 17.5 Å². The van der Waals surface area contributed by atoms with E-state index < -0.39 is 0 Å². The van der Waals surface area contributed by atoms with E-state index in [0.717, 1.165) is 11.4 Å². The molecule has 0 saturated carbocycles. The molecule has 0 aliphatic heterocycles. The summed E-state index contributed by atoms with van der Waals surface area (Å²) in [7, 11) is 0. The van der Waals surface area contributed by atoms with Gasteiger partial charge in [0.1, 0.15) is 0 Å². The van der Waals surface area contributed by atoms with Crippen molar-refractivity contribution in [3.63, 3.8) is 0 Å². The maximum atomic E-state index is 11.8. The molecular formula is C13H22N4O. The highest BCUT2D eigenvalue weighted by molar-refractivity contribution is 5.81. The maximum absolute atomic E-state index is 11.8. The normalized spacial score (nSPS) is 13.2. The van der Waals surface area contributed by atoms with Gasteiger partial charge in [0, 0.05) is 24.5 Å². The zero-order valence-electron chi connectivity index (χ0n) is 11.7. The SMILES string of the molecule is Cc1cnc(CNC(C)C(=O)NC(C)(C)C)cn1. The summed E-state index contributed by atoms with van der Waals surface area (Å²) in [4.78, 5) is 20.2. The molecule has 0 bridgehead atoms. The van der Waals surface area contributed by atoms with Gasteiger partial charge in [-0.2, -0.15) is 0 Å². The van der Waals surface area contributed by atoms with E-state index in [1.165, 1.54) is 0 Å². The molecule has 100 valence electrons. The van der Waals surface area contributed by atoms with Crippen LogP contribution in [0, 0.1) is 6.92 Å². The van der Waals surface area contributed by atoms with Gasteiger partial charge >= 0.3 is 0 Å². The summed E-state index contributed by atoms with van der Waals surface area (Å²) >= 11 is 0. The average Bonchev–Trinajstić information content (AvgIpc) is 2.25. The quantitative estimate of drug-likeness (QED) is 0.842. The molecule has 5 nitrogen and oxygen atoms in total. The van der Waals surface area contributed by atoms with E-state index in [2.05, 4.69) is 20.6 Å². The van der Waals surface area contributed by atoms with Gasteiger partial charge in [0.05, 0.1) is 17.4 Å². The van der Waals surface area contributed by atoms with Crippen molar-refractivity contribution >= 4 is 5.91 Å². The van der Waals surface area contributed by atoms with E-state index in [1.807, 2.05) is 34.6 Å². The van der Waals surface area contributed by atoms with Gasteiger partial charge in [0.15, 0.2) is 0 Å². The molecule has 0 spiro atoms. The largest absolute Gasteiger partial charge is 0.350 e. The summed E-state index contributed by atoms with van der Waals surface area (Å²) in [6.07, 6.45) is 3.44. The number of carbonyl (C=O) groups excluding carboxylic acids is 1. The van der Waals surface area contributed by atoms with Crippen molar-refractivity contribution in [1.29, 1.82) is 0 Å². The van der Waals surface area contributed by atoms with Gasteiger partial charge in [-0.15, -0.1) is 0 Å². The molecule has 1 amide bonds. The molecule has 0 fully saturated rings. The molecule has 1 unspecified atom stereocenters. The zero-order valence-corrected chi connectivity index (χ0v) is 11.7. The lowest BCUT2D eigenvalue weighted by atomic mass is 10.1. The van der Waals surface area contributed by atoms with E-state index in [1.54, 1.807) is 12.4 Å². The van der Waals surface area contributed by atoms with Gasteiger partial charge in [-0.3, -0.25) is 14.8 Å². The van der Waals surface area contributed by atoms with Crippen molar-refractivity contribution < 1.29 is 4.79 Å². The van der Waals surface area contributed by atoms with E-state index in [0.29, 0.717) is 6.54 Å². The van der Waals surface area contributed by atoms with E-state index in [4.69, 9.17) is 0 Å². The number of carbonyl (C=O) groups is 1. The fourth-order valence-electron chi connectivity index (χ4n) is 1.34. The number of aromatic nitrogens is 2. The van der Waals surface area contributed by atoms with Gasteiger partial charge in [0.2, 0.25) is 5.91 Å². The summed E-state index contributed by atoms with van der Waals surface area (Å²) < 4.78 is 0. The lowest BCUT2D eigenvalue weighted by molar-refractivity contribution is -0.124. The predicted octanol–water partition coefficient (Wildman–Crippen LogP) is 1.18. The van der Waals surface area contributed by atoms with Crippen LogP contribution in [-0.2, 0) is 11.3 Å². The van der Waals surface area contributed by atoms with Crippen LogP contribution in [-0.4, -0.2) is 27.5 Å². The molecule has 1 aromatic rings. The molecule has 0 saturated heterocycles. The van der Waals surface area contributed by atoms with Gasteiger partial charge in [0.25, 0.3) is 0 Å². The maximum Gasteiger partial charge on any atom is 0.237 e. The minimum Gasteiger partial charge on any atom is -0.350 e. The average molecular weight is 250 g/mol. The molecule has 1 aromatic heterocycles. The molecule has 2 N–H and O–H groups in total. The first-order valence-electron chi connectivity index (χ1n) is 6.11. The van der Waals surface area contributed by atoms with Crippen LogP contribution in [0.4, 0.5) is 0 Å². The second-order valence-corrected chi connectivity index (χ2v) is 5.49. The van der Waals surface area contributed by atoms with Gasteiger partial charge in [-0.1, -0.05) is 0 Å². The highest BCUT2D eigenvalue weighted by atomic mass is 16.2. The standard InChI is InChI=1S/C13H22N4O/c1-9-6-16-11(7-14-9)8-15-10(2)12(18)17-13(3,4)5/h6-7,10,15H,8H2,1-5H3,(H,17,18). The monoisotopic (exact) mass is 250 g/mol. The van der Waals surface area contributed by atoms with Gasteiger partial charge in [-0.25, -0.2) is 0 Å². The summed E-state index contributed by atoms with van der Waals surface area (Å²) in [5.74, 6) is -0.0115. The first kappa shape index (κ1) is 14.6. The van der Waals surface area contributed by atoms with Crippen LogP contribution < -0.4 is 10.6 Å². The smallest absolute Gasteiger partial charge is 0.237 e. The molecule has 1 rings (SSSR count). The molecule has 18 heavy (non-hydrogen) atoms. The number of hydrogen-bond acceptors (Lipinski definition) is 4. The fourth-order valence-corrected chi connectivity index (χ4v) is 1.34. The summed E-state index contributed by atoms with van der Waals surface area (Å²) in [5.41, 5.74) is 1.50. The summed E-state index contributed by atoms with van der Waals surface area (Å²) in [5, 5.41) is 6.05. The number of nitrogens with one attached hydrogen (secondary N) is 2. The van der Waals surface area contributed by atoms with Crippen LogP contribution in [0.5, 0.6) is 0 Å². The zero-order chi connectivity index (χ0) is 13.8. The highest BCUT2D eigenvalue weighted by Crippen LogP contribution is 2.00.